The SMILES string of the molecule is NCC(NC(=O)CSc1ccc(C(N)=O)cc1[N+](=O)[O-])C1CCCCC1. The number of carbonyl (C=O) groups is 2. The van der Waals surface area contributed by atoms with E-state index in [0.717, 1.165) is 43.5 Å². The molecule has 0 aliphatic heterocycles. The minimum Gasteiger partial charge on any atom is -0.366 e. The maximum absolute atomic E-state index is 12.3. The van der Waals surface area contributed by atoms with Crippen molar-refractivity contribution < 1.29 is 14.5 Å². The highest BCUT2D eigenvalue weighted by Crippen LogP contribution is 2.30. The number of nitrogens with two attached hydrogens (primary N) is 2. The summed E-state index contributed by atoms with van der Waals surface area (Å²) in [5.74, 6) is -0.503. The largest absolute Gasteiger partial charge is 0.366 e. The van der Waals surface area contributed by atoms with Crippen LogP contribution >= 0.6 is 11.8 Å². The predicted octanol–water partition coefficient (Wildman–Crippen LogP) is 1.81. The van der Waals surface area contributed by atoms with Gasteiger partial charge in [-0.25, -0.2) is 0 Å². The Hall–Kier alpha value is -2.13. The Morgan fingerprint density at radius 3 is 2.58 bits per heavy atom. The normalized spacial score (nSPS) is 16.0. The highest BCUT2D eigenvalue weighted by molar-refractivity contribution is 8.00. The van der Waals surface area contributed by atoms with E-state index in [0.29, 0.717) is 17.4 Å². The van der Waals surface area contributed by atoms with Crippen molar-refractivity contribution in [3.63, 3.8) is 0 Å². The van der Waals surface area contributed by atoms with Gasteiger partial charge in [0.2, 0.25) is 11.8 Å². The van der Waals surface area contributed by atoms with Crippen LogP contribution in [-0.2, 0) is 4.79 Å². The van der Waals surface area contributed by atoms with E-state index in [4.69, 9.17) is 11.5 Å². The Labute approximate surface area is 156 Å². The van der Waals surface area contributed by atoms with Gasteiger partial charge in [0.1, 0.15) is 0 Å². The fraction of sp³-hybridized carbons (Fsp3) is 0.529. The van der Waals surface area contributed by atoms with E-state index in [-0.39, 0.29) is 29.0 Å². The van der Waals surface area contributed by atoms with Gasteiger partial charge in [-0.1, -0.05) is 19.3 Å². The van der Waals surface area contributed by atoms with Crippen molar-refractivity contribution in [3.8, 4) is 0 Å². The first-order valence-corrected chi connectivity index (χ1v) is 9.61. The Morgan fingerprint density at radius 1 is 1.31 bits per heavy atom. The molecule has 1 atom stereocenters. The van der Waals surface area contributed by atoms with E-state index in [1.807, 2.05) is 0 Å². The molecule has 0 heterocycles. The fourth-order valence-corrected chi connectivity index (χ4v) is 4.05. The summed E-state index contributed by atoms with van der Waals surface area (Å²) in [6.07, 6.45) is 5.67. The summed E-state index contributed by atoms with van der Waals surface area (Å²) in [7, 11) is 0. The van der Waals surface area contributed by atoms with Crippen LogP contribution in [0, 0.1) is 16.0 Å². The van der Waals surface area contributed by atoms with E-state index >= 15 is 0 Å². The summed E-state index contributed by atoms with van der Waals surface area (Å²) in [5.41, 5.74) is 10.8. The second-order valence-corrected chi connectivity index (χ2v) is 7.42. The van der Waals surface area contributed by atoms with Gasteiger partial charge in [0.05, 0.1) is 15.6 Å². The fourth-order valence-electron chi connectivity index (χ4n) is 3.23. The van der Waals surface area contributed by atoms with Gasteiger partial charge in [0.25, 0.3) is 5.69 Å². The number of rotatable bonds is 8. The van der Waals surface area contributed by atoms with Gasteiger partial charge in [-0.15, -0.1) is 11.8 Å². The number of primary amides is 1. The number of nitrogens with zero attached hydrogens (tertiary/aromatic N) is 1. The zero-order valence-corrected chi connectivity index (χ0v) is 15.3. The lowest BCUT2D eigenvalue weighted by molar-refractivity contribution is -0.387. The lowest BCUT2D eigenvalue weighted by Crippen LogP contribution is -2.46. The van der Waals surface area contributed by atoms with Crippen LogP contribution in [0.2, 0.25) is 0 Å². The maximum atomic E-state index is 12.3. The molecule has 0 radical (unpaired) electrons. The molecule has 5 N–H and O–H groups in total. The quantitative estimate of drug-likeness (QED) is 0.357. The molecule has 1 unspecified atom stereocenters. The number of benzene rings is 1. The maximum Gasteiger partial charge on any atom is 0.283 e. The number of carbonyl (C=O) groups excluding carboxylic acids is 2. The molecule has 0 aromatic heterocycles. The van der Waals surface area contributed by atoms with Crippen molar-refractivity contribution >= 4 is 29.3 Å². The Kier molecular flexibility index (Phi) is 7.40. The molecule has 2 rings (SSSR count). The summed E-state index contributed by atoms with van der Waals surface area (Å²) in [6.45, 7) is 0.383. The van der Waals surface area contributed by atoms with E-state index < -0.39 is 10.8 Å². The predicted molar refractivity (Wildman–Crippen MR) is 99.9 cm³/mol. The molecule has 1 aliphatic rings. The molecule has 8 nitrogen and oxygen atoms in total. The molecule has 1 aromatic rings. The average molecular weight is 380 g/mol. The van der Waals surface area contributed by atoms with Gasteiger partial charge in [-0.2, -0.15) is 0 Å². The van der Waals surface area contributed by atoms with E-state index in [2.05, 4.69) is 5.32 Å². The molecular weight excluding hydrogens is 356 g/mol. The molecule has 142 valence electrons. The first kappa shape index (κ1) is 20.2. The third-order valence-corrected chi connectivity index (χ3v) is 5.68. The molecule has 0 saturated heterocycles. The summed E-state index contributed by atoms with van der Waals surface area (Å²) in [4.78, 5) is 34.4. The number of amides is 2. The van der Waals surface area contributed by atoms with Gasteiger partial charge in [0, 0.05) is 24.2 Å². The number of nitrogens with one attached hydrogen (secondary N) is 1. The molecule has 26 heavy (non-hydrogen) atoms. The van der Waals surface area contributed by atoms with Crippen molar-refractivity contribution in [2.75, 3.05) is 12.3 Å². The van der Waals surface area contributed by atoms with Gasteiger partial charge < -0.3 is 16.8 Å². The smallest absolute Gasteiger partial charge is 0.283 e. The van der Waals surface area contributed by atoms with Crippen LogP contribution < -0.4 is 16.8 Å². The molecule has 1 fully saturated rings. The zero-order chi connectivity index (χ0) is 19.1. The standard InChI is InChI=1S/C17H24N4O4S/c18-9-13(11-4-2-1-3-5-11)20-16(22)10-26-15-7-6-12(17(19)23)8-14(15)21(24)25/h6-8,11,13H,1-5,9-10,18H2,(H2,19,23)(H,20,22). The van der Waals surface area contributed by atoms with Crippen LogP contribution in [0.3, 0.4) is 0 Å². The van der Waals surface area contributed by atoms with Crippen LogP contribution in [0.25, 0.3) is 0 Å². The minimum atomic E-state index is -0.735. The Bertz CT molecular complexity index is 677. The van der Waals surface area contributed by atoms with E-state index in [9.17, 15) is 19.7 Å². The van der Waals surface area contributed by atoms with E-state index in [1.54, 1.807) is 0 Å². The highest BCUT2D eigenvalue weighted by Gasteiger charge is 2.24. The third kappa shape index (κ3) is 5.43. The van der Waals surface area contributed by atoms with Crippen molar-refractivity contribution in [2.45, 2.75) is 43.0 Å². The lowest BCUT2D eigenvalue weighted by Gasteiger charge is -2.30. The average Bonchev–Trinajstić information content (AvgIpc) is 2.64. The number of hydrogen-bond acceptors (Lipinski definition) is 6. The molecule has 1 aliphatic carbocycles. The van der Waals surface area contributed by atoms with Crippen LogP contribution in [0.4, 0.5) is 5.69 Å². The van der Waals surface area contributed by atoms with Crippen LogP contribution in [0.5, 0.6) is 0 Å². The number of nitro groups is 1. The van der Waals surface area contributed by atoms with Crippen molar-refractivity contribution in [3.05, 3.63) is 33.9 Å². The number of nitro benzene ring substituents is 1. The van der Waals surface area contributed by atoms with Crippen LogP contribution in [0.1, 0.15) is 42.5 Å². The summed E-state index contributed by atoms with van der Waals surface area (Å²) < 4.78 is 0. The number of thioether (sulfide) groups is 1. The number of hydrogen-bond donors (Lipinski definition) is 3. The lowest BCUT2D eigenvalue weighted by atomic mass is 9.84. The zero-order valence-electron chi connectivity index (χ0n) is 14.5. The summed E-state index contributed by atoms with van der Waals surface area (Å²) >= 11 is 1.06. The topological polar surface area (TPSA) is 141 Å². The summed E-state index contributed by atoms with van der Waals surface area (Å²) in [5, 5.41) is 14.2. The van der Waals surface area contributed by atoms with Crippen LogP contribution in [0.15, 0.2) is 23.1 Å². The molecule has 0 bridgehead atoms. The molecule has 2 amide bonds. The van der Waals surface area contributed by atoms with Gasteiger partial charge >= 0.3 is 0 Å². The van der Waals surface area contributed by atoms with Crippen LogP contribution in [-0.4, -0.2) is 35.1 Å². The van der Waals surface area contributed by atoms with Gasteiger partial charge in [-0.3, -0.25) is 19.7 Å². The Morgan fingerprint density at radius 2 is 2.00 bits per heavy atom. The van der Waals surface area contributed by atoms with E-state index in [1.165, 1.54) is 18.6 Å². The first-order valence-electron chi connectivity index (χ1n) is 8.63. The second-order valence-electron chi connectivity index (χ2n) is 6.40. The monoisotopic (exact) mass is 380 g/mol. The van der Waals surface area contributed by atoms with Crippen molar-refractivity contribution in [1.29, 1.82) is 0 Å². The molecule has 1 aromatic carbocycles. The minimum absolute atomic E-state index is 0.0416. The Balaban J connectivity index is 1.97. The van der Waals surface area contributed by atoms with Gasteiger partial charge in [-0.05, 0) is 30.9 Å². The second kappa shape index (κ2) is 9.54. The molecule has 1 saturated carbocycles. The third-order valence-electron chi connectivity index (χ3n) is 4.62. The van der Waals surface area contributed by atoms with Gasteiger partial charge in [0.15, 0.2) is 0 Å². The van der Waals surface area contributed by atoms with Crippen molar-refractivity contribution in [2.24, 2.45) is 17.4 Å². The summed E-state index contributed by atoms with van der Waals surface area (Å²) in [6, 6.07) is 3.93. The van der Waals surface area contributed by atoms with Crippen molar-refractivity contribution in [1.82, 2.24) is 5.32 Å². The molecule has 9 heteroatoms. The highest BCUT2D eigenvalue weighted by atomic mass is 32.2. The first-order chi connectivity index (χ1) is 12.4. The molecular formula is C17H24N4O4S. The molecule has 0 spiro atoms.